The number of carbonyl (C=O) groups is 1. The van der Waals surface area contributed by atoms with Gasteiger partial charge in [-0.1, -0.05) is 24.3 Å². The number of hydrogen-bond acceptors (Lipinski definition) is 3. The molecule has 0 spiro atoms. The van der Waals surface area contributed by atoms with E-state index in [0.717, 1.165) is 18.4 Å². The zero-order valence-corrected chi connectivity index (χ0v) is 14.8. The Kier molecular flexibility index (Phi) is 5.06. The van der Waals surface area contributed by atoms with Gasteiger partial charge in [0.15, 0.2) is 0 Å². The summed E-state index contributed by atoms with van der Waals surface area (Å²) in [6.07, 6.45) is 6.90. The first-order valence-electron chi connectivity index (χ1n) is 8.48. The Balaban J connectivity index is 1.60. The normalized spacial score (nSPS) is 22.0. The summed E-state index contributed by atoms with van der Waals surface area (Å²) >= 11 is 0. The van der Waals surface area contributed by atoms with Crippen molar-refractivity contribution in [3.63, 3.8) is 0 Å². The minimum Gasteiger partial charge on any atom is -0.340 e. The van der Waals surface area contributed by atoms with Crippen LogP contribution in [0.15, 0.2) is 41.3 Å². The number of hydrogen-bond donors (Lipinski definition) is 0. The van der Waals surface area contributed by atoms with Crippen LogP contribution >= 0.6 is 0 Å². The molecule has 1 heterocycles. The van der Waals surface area contributed by atoms with Gasteiger partial charge in [0.2, 0.25) is 15.9 Å². The van der Waals surface area contributed by atoms with Crippen LogP contribution in [0.2, 0.25) is 0 Å². The maximum absolute atomic E-state index is 12.7. The van der Waals surface area contributed by atoms with Gasteiger partial charge in [0, 0.05) is 32.6 Å². The van der Waals surface area contributed by atoms with Crippen molar-refractivity contribution >= 4 is 15.9 Å². The Morgan fingerprint density at radius 1 is 1.21 bits per heavy atom. The highest BCUT2D eigenvalue weighted by atomic mass is 32.2. The summed E-state index contributed by atoms with van der Waals surface area (Å²) in [4.78, 5) is 14.5. The van der Waals surface area contributed by atoms with Gasteiger partial charge in [-0.15, -0.1) is 0 Å². The van der Waals surface area contributed by atoms with E-state index in [2.05, 4.69) is 12.2 Å². The van der Waals surface area contributed by atoms with Crippen molar-refractivity contribution in [2.45, 2.75) is 31.1 Å². The van der Waals surface area contributed by atoms with Gasteiger partial charge in [-0.2, -0.15) is 4.31 Å². The third-order valence-electron chi connectivity index (χ3n) is 4.77. The summed E-state index contributed by atoms with van der Waals surface area (Å²) in [5.74, 6) is 0.491. The van der Waals surface area contributed by atoms with E-state index in [1.165, 1.54) is 4.31 Å². The fourth-order valence-corrected chi connectivity index (χ4v) is 4.85. The molecule has 1 aromatic rings. The van der Waals surface area contributed by atoms with Crippen LogP contribution < -0.4 is 0 Å². The average molecular weight is 348 g/mol. The molecular formula is C18H24N2O3S. The molecule has 5 nitrogen and oxygen atoms in total. The minimum atomic E-state index is -3.47. The number of carbonyl (C=O) groups excluding carboxylic acids is 1. The predicted octanol–water partition coefficient (Wildman–Crippen LogP) is 2.18. The van der Waals surface area contributed by atoms with Crippen LogP contribution in [0, 0.1) is 12.8 Å². The molecule has 1 aromatic carbocycles. The molecule has 0 radical (unpaired) electrons. The van der Waals surface area contributed by atoms with E-state index >= 15 is 0 Å². The number of sulfonamides is 1. The van der Waals surface area contributed by atoms with Gasteiger partial charge < -0.3 is 4.90 Å². The first-order chi connectivity index (χ1) is 11.5. The zero-order valence-electron chi connectivity index (χ0n) is 14.0. The maximum Gasteiger partial charge on any atom is 0.243 e. The molecule has 130 valence electrons. The van der Waals surface area contributed by atoms with Crippen molar-refractivity contribution in [3.8, 4) is 0 Å². The lowest BCUT2D eigenvalue weighted by Crippen LogP contribution is -2.50. The summed E-state index contributed by atoms with van der Waals surface area (Å²) in [6.45, 7) is 3.55. The van der Waals surface area contributed by atoms with Gasteiger partial charge in [0.25, 0.3) is 0 Å². The molecule has 0 bridgehead atoms. The second-order valence-electron chi connectivity index (χ2n) is 6.57. The zero-order chi connectivity index (χ0) is 17.2. The van der Waals surface area contributed by atoms with Crippen LogP contribution in [0.1, 0.15) is 24.8 Å². The summed E-state index contributed by atoms with van der Waals surface area (Å²) < 4.78 is 26.9. The number of piperazine rings is 1. The van der Waals surface area contributed by atoms with Crippen molar-refractivity contribution in [2.24, 2.45) is 5.92 Å². The second kappa shape index (κ2) is 7.07. The number of allylic oxidation sites excluding steroid dienone is 2. The number of rotatable bonds is 4. The fourth-order valence-electron chi connectivity index (χ4n) is 3.32. The van der Waals surface area contributed by atoms with E-state index in [1.54, 1.807) is 23.1 Å². The Hall–Kier alpha value is -1.66. The highest BCUT2D eigenvalue weighted by Crippen LogP contribution is 2.23. The second-order valence-corrected chi connectivity index (χ2v) is 8.51. The predicted molar refractivity (Wildman–Crippen MR) is 93.0 cm³/mol. The first kappa shape index (κ1) is 17.2. The number of amides is 1. The van der Waals surface area contributed by atoms with Crippen molar-refractivity contribution in [3.05, 3.63) is 42.0 Å². The van der Waals surface area contributed by atoms with Gasteiger partial charge >= 0.3 is 0 Å². The van der Waals surface area contributed by atoms with E-state index in [1.807, 2.05) is 13.0 Å². The van der Waals surface area contributed by atoms with Gasteiger partial charge in [0.1, 0.15) is 0 Å². The van der Waals surface area contributed by atoms with E-state index in [4.69, 9.17) is 0 Å². The summed E-state index contributed by atoms with van der Waals surface area (Å²) in [5.41, 5.74) is 0.925. The number of nitrogens with zero attached hydrogens (tertiary/aromatic N) is 2. The lowest BCUT2D eigenvalue weighted by molar-refractivity contribution is -0.133. The van der Waals surface area contributed by atoms with Crippen molar-refractivity contribution in [2.75, 3.05) is 26.2 Å². The van der Waals surface area contributed by atoms with Crippen molar-refractivity contribution < 1.29 is 13.2 Å². The molecule has 0 unspecified atom stereocenters. The molecule has 1 saturated heterocycles. The molecule has 24 heavy (non-hydrogen) atoms. The van der Waals surface area contributed by atoms with Crippen LogP contribution in [-0.2, 0) is 14.8 Å². The van der Waals surface area contributed by atoms with Crippen LogP contribution in [0.3, 0.4) is 0 Å². The van der Waals surface area contributed by atoms with Crippen molar-refractivity contribution in [1.29, 1.82) is 0 Å². The van der Waals surface area contributed by atoms with E-state index in [0.29, 0.717) is 43.4 Å². The maximum atomic E-state index is 12.7. The van der Waals surface area contributed by atoms with Crippen LogP contribution in [0.4, 0.5) is 0 Å². The van der Waals surface area contributed by atoms with Gasteiger partial charge in [0.05, 0.1) is 4.90 Å². The molecule has 1 aliphatic carbocycles. The summed E-state index contributed by atoms with van der Waals surface area (Å²) in [5, 5.41) is 0. The molecule has 1 amide bonds. The molecule has 0 N–H and O–H groups in total. The highest BCUT2D eigenvalue weighted by molar-refractivity contribution is 7.89. The molecule has 0 saturated carbocycles. The topological polar surface area (TPSA) is 57.7 Å². The monoisotopic (exact) mass is 348 g/mol. The van der Waals surface area contributed by atoms with Gasteiger partial charge in [-0.25, -0.2) is 8.42 Å². The minimum absolute atomic E-state index is 0.138. The third kappa shape index (κ3) is 3.70. The summed E-state index contributed by atoms with van der Waals surface area (Å²) in [7, 11) is -3.47. The van der Waals surface area contributed by atoms with E-state index in [9.17, 15) is 13.2 Å². The molecule has 3 rings (SSSR count). The average Bonchev–Trinajstić information content (AvgIpc) is 3.08. The lowest BCUT2D eigenvalue weighted by atomic mass is 10.0. The Morgan fingerprint density at radius 2 is 1.96 bits per heavy atom. The standard InChI is InChI=1S/C18H24N2O3S/c1-15-5-4-8-17(13-15)24(22,23)20-11-9-19(10-12-20)18(21)14-16-6-2-3-7-16/h2,4-6,8,13,16H,3,7,9-12,14H2,1H3/t16-/m0/s1. The third-order valence-corrected chi connectivity index (χ3v) is 6.66. The molecule has 1 aliphatic heterocycles. The highest BCUT2D eigenvalue weighted by Gasteiger charge is 2.30. The molecule has 0 aromatic heterocycles. The Morgan fingerprint density at radius 3 is 2.58 bits per heavy atom. The molecule has 1 fully saturated rings. The van der Waals surface area contributed by atoms with Gasteiger partial charge in [-0.3, -0.25) is 4.79 Å². The van der Waals surface area contributed by atoms with Gasteiger partial charge in [-0.05, 0) is 43.4 Å². The van der Waals surface area contributed by atoms with Crippen molar-refractivity contribution in [1.82, 2.24) is 9.21 Å². The first-order valence-corrected chi connectivity index (χ1v) is 9.92. The molecule has 1 atom stereocenters. The molecule has 6 heteroatoms. The smallest absolute Gasteiger partial charge is 0.243 e. The van der Waals surface area contributed by atoms with Crippen LogP contribution in [0.25, 0.3) is 0 Å². The lowest BCUT2D eigenvalue weighted by Gasteiger charge is -2.34. The SMILES string of the molecule is Cc1cccc(S(=O)(=O)N2CCN(C(=O)C[C@H]3C=CCC3)CC2)c1. The quantitative estimate of drug-likeness (QED) is 0.784. The van der Waals surface area contributed by atoms with E-state index in [-0.39, 0.29) is 5.91 Å². The molecular weight excluding hydrogens is 324 g/mol. The largest absolute Gasteiger partial charge is 0.340 e. The Bertz CT molecular complexity index is 734. The van der Waals surface area contributed by atoms with Crippen LogP contribution in [-0.4, -0.2) is 49.7 Å². The number of benzene rings is 1. The summed E-state index contributed by atoms with van der Waals surface area (Å²) in [6, 6.07) is 6.97. The van der Waals surface area contributed by atoms with Crippen LogP contribution in [0.5, 0.6) is 0 Å². The van der Waals surface area contributed by atoms with E-state index < -0.39 is 10.0 Å². The fraction of sp³-hybridized carbons (Fsp3) is 0.500. The number of aryl methyl sites for hydroxylation is 1. The molecule has 2 aliphatic rings. The Labute approximate surface area is 144 Å².